The lowest BCUT2D eigenvalue weighted by Gasteiger charge is -2.13. The van der Waals surface area contributed by atoms with Crippen molar-refractivity contribution in [3.63, 3.8) is 0 Å². The van der Waals surface area contributed by atoms with Crippen molar-refractivity contribution >= 4 is 20.0 Å². The third kappa shape index (κ3) is 12.0. The SMILES string of the molecule is CN(/N=C/c1cccc[n+]1CCCCCCn1cc[n+](CCC[Si](C)(C)C)c1)c1ccccc1.[Br-].[Br-]. The van der Waals surface area contributed by atoms with Gasteiger partial charge in [0.25, 0.3) is 0 Å². The van der Waals surface area contributed by atoms with Crippen LogP contribution in [-0.2, 0) is 19.6 Å². The van der Waals surface area contributed by atoms with Crippen molar-refractivity contribution in [3.8, 4) is 0 Å². The van der Waals surface area contributed by atoms with Crippen molar-refractivity contribution in [1.29, 1.82) is 0 Å². The number of hydrogen-bond donors (Lipinski definition) is 0. The maximum Gasteiger partial charge on any atom is 0.243 e. The Morgan fingerprint density at radius 3 is 2.33 bits per heavy atom. The van der Waals surface area contributed by atoms with Gasteiger partial charge in [-0.2, -0.15) is 9.67 Å². The molecule has 0 spiro atoms. The van der Waals surface area contributed by atoms with Crippen LogP contribution in [-0.4, -0.2) is 25.9 Å². The minimum absolute atomic E-state index is 0. The molecule has 0 saturated carbocycles. The molecule has 0 aliphatic heterocycles. The van der Waals surface area contributed by atoms with Gasteiger partial charge in [0.2, 0.25) is 12.0 Å². The minimum Gasteiger partial charge on any atom is -1.00 e. The lowest BCUT2D eigenvalue weighted by Crippen LogP contribution is -3.00. The molecule has 0 atom stereocenters. The van der Waals surface area contributed by atoms with Gasteiger partial charge in [-0.15, -0.1) is 0 Å². The molecule has 0 saturated heterocycles. The quantitative estimate of drug-likeness (QED) is 0.0774. The molecule has 0 bridgehead atoms. The summed E-state index contributed by atoms with van der Waals surface area (Å²) in [6.45, 7) is 10.7. The molecule has 8 heteroatoms. The van der Waals surface area contributed by atoms with Crippen molar-refractivity contribution < 1.29 is 43.1 Å². The third-order valence-corrected chi connectivity index (χ3v) is 7.98. The fourth-order valence-electron chi connectivity index (χ4n) is 4.09. The van der Waals surface area contributed by atoms with E-state index in [0.29, 0.717) is 0 Å². The fraction of sp³-hybridized carbons (Fsp3) is 0.464. The highest BCUT2D eigenvalue weighted by Gasteiger charge is 2.13. The number of anilines is 1. The van der Waals surface area contributed by atoms with Crippen LogP contribution in [0.2, 0.25) is 25.7 Å². The molecule has 0 fully saturated rings. The number of rotatable bonds is 14. The second kappa shape index (κ2) is 16.9. The maximum absolute atomic E-state index is 4.63. The molecule has 0 aliphatic rings. The summed E-state index contributed by atoms with van der Waals surface area (Å²) in [5, 5.41) is 6.54. The zero-order valence-electron chi connectivity index (χ0n) is 22.4. The van der Waals surface area contributed by atoms with E-state index in [0.717, 1.165) is 31.0 Å². The Labute approximate surface area is 240 Å². The summed E-state index contributed by atoms with van der Waals surface area (Å²) >= 11 is 0. The molecule has 0 aliphatic carbocycles. The summed E-state index contributed by atoms with van der Waals surface area (Å²) in [6.07, 6.45) is 17.1. The Kier molecular flexibility index (Phi) is 15.1. The van der Waals surface area contributed by atoms with E-state index >= 15 is 0 Å². The molecule has 2 aromatic heterocycles. The topological polar surface area (TPSA) is 28.3 Å². The summed E-state index contributed by atoms with van der Waals surface area (Å²) < 4.78 is 7.00. The zero-order chi connectivity index (χ0) is 24.2. The molecule has 3 rings (SSSR count). The molecule has 36 heavy (non-hydrogen) atoms. The van der Waals surface area contributed by atoms with E-state index in [4.69, 9.17) is 0 Å². The second-order valence-electron chi connectivity index (χ2n) is 10.4. The van der Waals surface area contributed by atoms with Crippen LogP contribution in [0.3, 0.4) is 0 Å². The van der Waals surface area contributed by atoms with Gasteiger partial charge in [-0.25, -0.2) is 9.13 Å². The number of imidazole rings is 1. The number of benzene rings is 1. The molecule has 198 valence electrons. The highest BCUT2D eigenvalue weighted by molar-refractivity contribution is 6.76. The van der Waals surface area contributed by atoms with Gasteiger partial charge in [0.05, 0.1) is 18.8 Å². The molecule has 3 aromatic rings. The number of aromatic nitrogens is 3. The predicted molar refractivity (Wildman–Crippen MR) is 145 cm³/mol. The van der Waals surface area contributed by atoms with Gasteiger partial charge < -0.3 is 34.0 Å². The van der Waals surface area contributed by atoms with Gasteiger partial charge in [-0.05, 0) is 43.9 Å². The van der Waals surface area contributed by atoms with Crippen LogP contribution < -0.4 is 48.1 Å². The van der Waals surface area contributed by atoms with Crippen LogP contribution in [0, 0.1) is 0 Å². The largest absolute Gasteiger partial charge is 1.00 e. The average molecular weight is 638 g/mol. The van der Waals surface area contributed by atoms with E-state index in [9.17, 15) is 0 Å². The lowest BCUT2D eigenvalue weighted by atomic mass is 10.2. The van der Waals surface area contributed by atoms with Crippen LogP contribution in [0.5, 0.6) is 0 Å². The molecule has 0 amide bonds. The van der Waals surface area contributed by atoms with E-state index < -0.39 is 8.07 Å². The van der Waals surface area contributed by atoms with Crippen molar-refractivity contribution in [1.82, 2.24) is 4.57 Å². The first-order valence-corrected chi connectivity index (χ1v) is 16.5. The van der Waals surface area contributed by atoms with Crippen molar-refractivity contribution in [2.75, 3.05) is 12.1 Å². The first kappa shape index (κ1) is 32.3. The predicted octanol–water partition coefficient (Wildman–Crippen LogP) is -0.470. The van der Waals surface area contributed by atoms with Gasteiger partial charge in [0, 0.05) is 33.7 Å². The zero-order valence-corrected chi connectivity index (χ0v) is 26.5. The smallest absolute Gasteiger partial charge is 0.243 e. The van der Waals surface area contributed by atoms with Gasteiger partial charge >= 0.3 is 0 Å². The Morgan fingerprint density at radius 1 is 0.861 bits per heavy atom. The number of unbranched alkanes of at least 4 members (excludes halogenated alkanes) is 3. The normalized spacial score (nSPS) is 11.2. The Balaban J connectivity index is 0.00000324. The standard InChI is InChI=1S/C28H43N5Si.2BrH/c1-30(27-15-8-7-9-16-27)29-25-28-17-10-13-21-33(28)20-12-6-5-11-18-31-22-23-32(26-31)19-14-24-34(2,3)4;;/h7-10,13,15-17,21-23,25-26H,5-6,11-12,14,18-20,24H2,1-4H3;2*1H/q+2;;/p-2. The fourth-order valence-corrected chi connectivity index (χ4v) is 5.31. The molecule has 0 unspecified atom stereocenters. The van der Waals surface area contributed by atoms with Crippen LogP contribution in [0.1, 0.15) is 37.8 Å². The van der Waals surface area contributed by atoms with E-state index in [-0.39, 0.29) is 34.0 Å². The molecule has 0 N–H and O–H groups in total. The van der Waals surface area contributed by atoms with E-state index in [1.807, 2.05) is 36.5 Å². The van der Waals surface area contributed by atoms with Crippen LogP contribution in [0.4, 0.5) is 5.69 Å². The molecule has 1 aromatic carbocycles. The number of para-hydroxylation sites is 1. The summed E-state index contributed by atoms with van der Waals surface area (Å²) in [5.74, 6) is 0. The number of hydrazone groups is 1. The average Bonchev–Trinajstić information content (AvgIpc) is 3.27. The van der Waals surface area contributed by atoms with Crippen LogP contribution in [0.25, 0.3) is 0 Å². The summed E-state index contributed by atoms with van der Waals surface area (Å²) in [4.78, 5) is 0. The summed E-state index contributed by atoms with van der Waals surface area (Å²) in [7, 11) is 1.06. The summed E-state index contributed by atoms with van der Waals surface area (Å²) in [5.41, 5.74) is 2.22. The highest BCUT2D eigenvalue weighted by Crippen LogP contribution is 2.11. The Hall–Kier alpha value is -1.77. The number of halogens is 2. The third-order valence-electron chi connectivity index (χ3n) is 6.12. The number of nitrogens with zero attached hydrogens (tertiary/aromatic N) is 5. The number of aryl methyl sites for hydroxylation is 3. The first-order chi connectivity index (χ1) is 16.4. The Bertz CT molecular complexity index is 1020. The first-order valence-electron chi connectivity index (χ1n) is 12.8. The molecular formula is C28H43Br2N5Si. The maximum atomic E-state index is 4.63. The van der Waals surface area contributed by atoms with E-state index in [2.05, 4.69) is 93.7 Å². The number of hydrogen-bond acceptors (Lipinski definition) is 2. The second-order valence-corrected chi connectivity index (χ2v) is 16.0. The van der Waals surface area contributed by atoms with Crippen molar-refractivity contribution in [2.45, 2.75) is 77.4 Å². The number of pyridine rings is 1. The molecule has 0 radical (unpaired) electrons. The highest BCUT2D eigenvalue weighted by atomic mass is 79.9. The van der Waals surface area contributed by atoms with Gasteiger partial charge in [0.15, 0.2) is 6.20 Å². The summed E-state index contributed by atoms with van der Waals surface area (Å²) in [6, 6.07) is 17.9. The van der Waals surface area contributed by atoms with Crippen molar-refractivity contribution in [2.24, 2.45) is 5.10 Å². The molecular weight excluding hydrogens is 594 g/mol. The van der Waals surface area contributed by atoms with Crippen LogP contribution >= 0.6 is 0 Å². The van der Waals surface area contributed by atoms with Crippen molar-refractivity contribution in [3.05, 3.63) is 79.1 Å². The molecule has 5 nitrogen and oxygen atoms in total. The van der Waals surface area contributed by atoms with Crippen LogP contribution in [0.15, 0.2) is 78.6 Å². The Morgan fingerprint density at radius 2 is 1.58 bits per heavy atom. The van der Waals surface area contributed by atoms with E-state index in [1.54, 1.807) is 0 Å². The van der Waals surface area contributed by atoms with Gasteiger partial charge in [-0.1, -0.05) is 43.9 Å². The van der Waals surface area contributed by atoms with Gasteiger partial charge in [0.1, 0.15) is 25.2 Å². The molecule has 2 heterocycles. The lowest BCUT2D eigenvalue weighted by molar-refractivity contribution is -0.698. The minimum atomic E-state index is -0.922. The monoisotopic (exact) mass is 635 g/mol. The van der Waals surface area contributed by atoms with Gasteiger partial charge in [-0.3, -0.25) is 5.01 Å². The van der Waals surface area contributed by atoms with E-state index in [1.165, 1.54) is 38.1 Å².